The Morgan fingerprint density at radius 3 is 3.22 bits per heavy atom. The van der Waals surface area contributed by atoms with Gasteiger partial charge >= 0.3 is 0 Å². The van der Waals surface area contributed by atoms with Crippen LogP contribution in [0.15, 0.2) is 6.07 Å². The summed E-state index contributed by atoms with van der Waals surface area (Å²) < 4.78 is 21.8. The molecule has 1 aromatic heterocycles. The average molecular weight is 124 g/mol. The molecule has 46 valence electrons. The molecule has 3 heteroatoms. The molecule has 3 nitrogen and oxygen atoms in total. The Bertz CT molecular complexity index is 331. The fourth-order valence-electron chi connectivity index (χ4n) is 0.565. The van der Waals surface area contributed by atoms with Crippen LogP contribution < -0.4 is 0 Å². The topological polar surface area (TPSA) is 22.2 Å². The van der Waals surface area contributed by atoms with E-state index in [0.29, 0.717) is 5.69 Å². The molecule has 0 aliphatic rings. The smallest absolute Gasteiger partial charge is 0.252 e. The molecule has 0 aliphatic heterocycles. The highest BCUT2D eigenvalue weighted by Crippen LogP contribution is 2.10. The Balaban J connectivity index is 3.25. The van der Waals surface area contributed by atoms with Crippen molar-refractivity contribution >= 4 is 5.82 Å². The summed E-state index contributed by atoms with van der Waals surface area (Å²) in [5.74, 6) is 0.0486. The normalized spacial score (nSPS) is 15.3. The lowest BCUT2D eigenvalue weighted by Crippen LogP contribution is -1.87. The summed E-state index contributed by atoms with van der Waals surface area (Å²) in [7, 11) is 0. The largest absolute Gasteiger partial charge is 0.362 e. The molecule has 0 unspecified atom stereocenters. The number of aromatic nitrogens is 2. The summed E-state index contributed by atoms with van der Waals surface area (Å²) in [6.45, 7) is 5.99. The van der Waals surface area contributed by atoms with Gasteiger partial charge in [-0.05, 0) is 13.0 Å². The van der Waals surface area contributed by atoms with E-state index >= 15 is 0 Å². The zero-order valence-electron chi connectivity index (χ0n) is 7.92. The number of hydrogen-bond donors (Lipinski definition) is 0. The Morgan fingerprint density at radius 1 is 2.00 bits per heavy atom. The van der Waals surface area contributed by atoms with Crippen LogP contribution in [-0.2, 0) is 6.98 Å². The molecule has 0 bridgehead atoms. The van der Waals surface area contributed by atoms with Crippen LogP contribution >= 0.6 is 0 Å². The van der Waals surface area contributed by atoms with E-state index in [2.05, 4.69) is 9.94 Å². The number of hydrogen-bond acceptors (Lipinski definition) is 1. The van der Waals surface area contributed by atoms with Crippen LogP contribution in [0.4, 0.5) is 5.82 Å². The fraction of sp³-hybridized carbons (Fsp3) is 0.333. The predicted molar refractivity (Wildman–Crippen MR) is 34.2 cm³/mol. The van der Waals surface area contributed by atoms with Crippen LogP contribution in [0.3, 0.4) is 0 Å². The van der Waals surface area contributed by atoms with E-state index in [4.69, 9.17) is 10.7 Å². The second-order valence-electron chi connectivity index (χ2n) is 1.67. The van der Waals surface area contributed by atoms with Gasteiger partial charge in [-0.3, -0.25) is 0 Å². The first-order valence-electron chi connectivity index (χ1n) is 3.90. The number of rotatable bonds is 0. The van der Waals surface area contributed by atoms with Crippen LogP contribution in [0.25, 0.3) is 4.85 Å². The van der Waals surface area contributed by atoms with E-state index in [0.717, 1.165) is 4.68 Å². The van der Waals surface area contributed by atoms with E-state index in [1.54, 1.807) is 6.92 Å². The fourth-order valence-corrected chi connectivity index (χ4v) is 0.565. The molecule has 0 aliphatic carbocycles. The molecular formula is C6H7N3. The quantitative estimate of drug-likeness (QED) is 0.477. The van der Waals surface area contributed by atoms with Crippen LogP contribution in [0.2, 0.25) is 0 Å². The van der Waals surface area contributed by atoms with Crippen molar-refractivity contribution in [2.45, 2.75) is 6.92 Å². The predicted octanol–water partition coefficient (Wildman–Crippen LogP) is 1.28. The summed E-state index contributed by atoms with van der Waals surface area (Å²) >= 11 is 0. The third-order valence-corrected chi connectivity index (χ3v) is 0.927. The van der Waals surface area contributed by atoms with Crippen molar-refractivity contribution in [2.24, 2.45) is 6.98 Å². The number of aryl methyl sites for hydroxylation is 2. The average Bonchev–Trinajstić information content (AvgIpc) is 2.29. The SMILES string of the molecule is [2H]C([2H])([2H])n1nc(C)cc1[N+]#[C-]. The Labute approximate surface area is 58.0 Å². The van der Waals surface area contributed by atoms with Crippen LogP contribution in [0, 0.1) is 13.5 Å². The minimum Gasteiger partial charge on any atom is -0.362 e. The molecule has 0 spiro atoms. The third kappa shape index (κ3) is 0.918. The lowest BCUT2D eigenvalue weighted by atomic mass is 10.5. The van der Waals surface area contributed by atoms with Crippen LogP contribution in [0.1, 0.15) is 9.81 Å². The maximum absolute atomic E-state index is 7.02. The van der Waals surface area contributed by atoms with Crippen molar-refractivity contribution in [3.05, 3.63) is 23.2 Å². The molecule has 0 saturated carbocycles. The zero-order valence-corrected chi connectivity index (χ0v) is 4.92. The highest BCUT2D eigenvalue weighted by Gasteiger charge is 1.98. The van der Waals surface area contributed by atoms with Crippen molar-refractivity contribution in [1.29, 1.82) is 0 Å². The molecular weight excluding hydrogens is 114 g/mol. The van der Waals surface area contributed by atoms with Crippen molar-refractivity contribution in [3.63, 3.8) is 0 Å². The highest BCUT2D eigenvalue weighted by molar-refractivity contribution is 5.37. The van der Waals surface area contributed by atoms with Gasteiger partial charge in [-0.1, -0.05) is 6.57 Å². The molecule has 0 aromatic carbocycles. The van der Waals surface area contributed by atoms with Gasteiger partial charge in [0.05, 0.1) is 16.8 Å². The molecule has 1 heterocycles. The molecule has 9 heavy (non-hydrogen) atoms. The van der Waals surface area contributed by atoms with E-state index in [1.165, 1.54) is 6.07 Å². The molecule has 0 saturated heterocycles. The summed E-state index contributed by atoms with van der Waals surface area (Å²) in [5, 5.41) is 3.69. The lowest BCUT2D eigenvalue weighted by molar-refractivity contribution is 0.770. The van der Waals surface area contributed by atoms with Crippen molar-refractivity contribution in [1.82, 2.24) is 9.78 Å². The van der Waals surface area contributed by atoms with Gasteiger partial charge in [0.15, 0.2) is 0 Å². The van der Waals surface area contributed by atoms with Gasteiger partial charge in [-0.15, -0.1) is 5.10 Å². The Morgan fingerprint density at radius 2 is 2.78 bits per heavy atom. The minimum absolute atomic E-state index is 0.0486. The van der Waals surface area contributed by atoms with E-state index in [-0.39, 0.29) is 5.82 Å². The molecule has 0 amide bonds. The molecule has 1 rings (SSSR count). The Hall–Kier alpha value is -1.30. The van der Waals surface area contributed by atoms with E-state index in [9.17, 15) is 0 Å². The molecule has 0 radical (unpaired) electrons. The van der Waals surface area contributed by atoms with Gasteiger partial charge in [-0.2, -0.15) is 0 Å². The van der Waals surface area contributed by atoms with E-state index in [1.807, 2.05) is 0 Å². The van der Waals surface area contributed by atoms with Crippen molar-refractivity contribution in [3.8, 4) is 0 Å². The maximum Gasteiger partial charge on any atom is 0.252 e. The second-order valence-corrected chi connectivity index (χ2v) is 1.67. The summed E-state index contributed by atoms with van der Waals surface area (Å²) in [6, 6.07) is 1.44. The third-order valence-electron chi connectivity index (χ3n) is 0.927. The number of nitrogens with zero attached hydrogens (tertiary/aromatic N) is 3. The zero-order chi connectivity index (χ0) is 9.35. The second kappa shape index (κ2) is 1.90. The van der Waals surface area contributed by atoms with Gasteiger partial charge in [0.25, 0.3) is 5.82 Å². The summed E-state index contributed by atoms with van der Waals surface area (Å²) in [4.78, 5) is 3.05. The molecule has 0 atom stereocenters. The van der Waals surface area contributed by atoms with Gasteiger partial charge < -0.3 is 4.85 Å². The van der Waals surface area contributed by atoms with Crippen LogP contribution in [0.5, 0.6) is 0 Å². The van der Waals surface area contributed by atoms with Gasteiger partial charge in [0, 0.05) is 0 Å². The lowest BCUT2D eigenvalue weighted by Gasteiger charge is -1.83. The van der Waals surface area contributed by atoms with Gasteiger partial charge in [0.1, 0.15) is 0 Å². The van der Waals surface area contributed by atoms with Crippen molar-refractivity contribution in [2.75, 3.05) is 0 Å². The Kier molecular flexibility index (Phi) is 0.638. The van der Waals surface area contributed by atoms with Gasteiger partial charge in [0.2, 0.25) is 0 Å². The molecule has 1 aromatic rings. The monoisotopic (exact) mass is 124 g/mol. The maximum atomic E-state index is 7.02. The molecule has 0 fully saturated rings. The van der Waals surface area contributed by atoms with Gasteiger partial charge in [-0.25, -0.2) is 4.68 Å². The first-order chi connectivity index (χ1) is 5.45. The van der Waals surface area contributed by atoms with E-state index < -0.39 is 6.98 Å². The minimum atomic E-state index is -2.35. The summed E-state index contributed by atoms with van der Waals surface area (Å²) in [5.41, 5.74) is 0.539. The first-order valence-corrected chi connectivity index (χ1v) is 2.40. The van der Waals surface area contributed by atoms with Crippen LogP contribution in [-0.4, -0.2) is 9.78 Å². The first kappa shape index (κ1) is 3.02. The standard InChI is InChI=1S/C6H7N3/c1-5-4-6(7-2)9(3)8-5/h4H,1,3H3/i3D3. The molecule has 0 N–H and O–H groups in total. The highest BCUT2D eigenvalue weighted by atomic mass is 15.3. The van der Waals surface area contributed by atoms with Crippen molar-refractivity contribution < 1.29 is 4.11 Å². The summed E-state index contributed by atoms with van der Waals surface area (Å²) in [6.07, 6.45) is 0.